The number of carbonyl (C=O) groups is 1. The molecule has 41 heavy (non-hydrogen) atoms. The molecule has 1 atom stereocenters. The molecule has 0 spiro atoms. The first-order chi connectivity index (χ1) is 20.0. The predicted octanol–water partition coefficient (Wildman–Crippen LogP) is 4.27. The molecule has 0 fully saturated rings. The normalized spacial score (nSPS) is 14.9. The lowest BCUT2D eigenvalue weighted by atomic mass is 9.96. The summed E-state index contributed by atoms with van der Waals surface area (Å²) in [6.07, 6.45) is 3.77. The van der Waals surface area contributed by atoms with Crippen molar-refractivity contribution in [1.82, 2.24) is 14.3 Å². The average Bonchev–Trinajstić information content (AvgIpc) is 3.57. The van der Waals surface area contributed by atoms with E-state index < -0.39 is 12.0 Å². The second kappa shape index (κ2) is 10.9. The summed E-state index contributed by atoms with van der Waals surface area (Å²) in [6, 6.07) is 26.3. The number of rotatable bonds is 6. The van der Waals surface area contributed by atoms with Crippen LogP contribution >= 0.6 is 11.3 Å². The number of hydrogen-bond acceptors (Lipinski definition) is 7. The molecule has 1 aliphatic heterocycles. The van der Waals surface area contributed by atoms with Gasteiger partial charge in [0, 0.05) is 17.3 Å². The zero-order valence-electron chi connectivity index (χ0n) is 22.6. The van der Waals surface area contributed by atoms with Crippen LogP contribution in [0.25, 0.3) is 23.0 Å². The van der Waals surface area contributed by atoms with Crippen molar-refractivity contribution in [3.05, 3.63) is 133 Å². The van der Waals surface area contributed by atoms with Gasteiger partial charge in [0.25, 0.3) is 5.56 Å². The smallest absolute Gasteiger partial charge is 0.338 e. The molecule has 0 unspecified atom stereocenters. The molecule has 0 N–H and O–H groups in total. The highest BCUT2D eigenvalue weighted by molar-refractivity contribution is 7.07. The highest BCUT2D eigenvalue weighted by Crippen LogP contribution is 2.31. The molecular weight excluding hydrogens is 536 g/mol. The fourth-order valence-electron chi connectivity index (χ4n) is 4.96. The van der Waals surface area contributed by atoms with Gasteiger partial charge in [0.05, 0.1) is 47.4 Å². The minimum atomic E-state index is -0.701. The van der Waals surface area contributed by atoms with Gasteiger partial charge >= 0.3 is 5.97 Å². The van der Waals surface area contributed by atoms with Gasteiger partial charge in [-0.25, -0.2) is 14.5 Å². The zero-order chi connectivity index (χ0) is 28.5. The van der Waals surface area contributed by atoms with Gasteiger partial charge < -0.3 is 9.47 Å². The fraction of sp³-hybridized carbons (Fsp3) is 0.125. The minimum absolute atomic E-state index is 0.255. The van der Waals surface area contributed by atoms with E-state index in [-0.39, 0.29) is 5.56 Å². The maximum absolute atomic E-state index is 14.1. The van der Waals surface area contributed by atoms with Crippen LogP contribution in [0.3, 0.4) is 0 Å². The molecule has 8 nitrogen and oxygen atoms in total. The number of hydrogen-bond donors (Lipinski definition) is 0. The zero-order valence-corrected chi connectivity index (χ0v) is 23.5. The lowest BCUT2D eigenvalue weighted by Crippen LogP contribution is -2.39. The van der Waals surface area contributed by atoms with Crippen molar-refractivity contribution in [2.24, 2.45) is 4.99 Å². The summed E-state index contributed by atoms with van der Waals surface area (Å²) in [7, 11) is 2.92. The van der Waals surface area contributed by atoms with Crippen molar-refractivity contribution in [2.75, 3.05) is 14.2 Å². The number of carbonyl (C=O) groups excluding carboxylic acids is 1. The summed E-state index contributed by atoms with van der Waals surface area (Å²) in [4.78, 5) is 32.2. The van der Waals surface area contributed by atoms with Crippen molar-refractivity contribution in [2.45, 2.75) is 13.0 Å². The van der Waals surface area contributed by atoms with Crippen LogP contribution < -0.4 is 19.6 Å². The number of para-hydroxylation sites is 1. The lowest BCUT2D eigenvalue weighted by Gasteiger charge is -2.24. The van der Waals surface area contributed by atoms with Crippen molar-refractivity contribution < 1.29 is 14.3 Å². The first kappa shape index (κ1) is 26.2. The molecule has 9 heteroatoms. The van der Waals surface area contributed by atoms with Gasteiger partial charge in [0.2, 0.25) is 0 Å². The van der Waals surface area contributed by atoms with Gasteiger partial charge in [-0.2, -0.15) is 5.10 Å². The highest BCUT2D eigenvalue weighted by Gasteiger charge is 2.33. The molecule has 5 aromatic rings. The van der Waals surface area contributed by atoms with E-state index in [0.29, 0.717) is 26.4 Å². The molecular formula is C32H26N4O4S. The van der Waals surface area contributed by atoms with Gasteiger partial charge in [-0.1, -0.05) is 72.0 Å². The van der Waals surface area contributed by atoms with Crippen LogP contribution in [0, 0.1) is 0 Å². The Hall–Kier alpha value is -5.02. The number of esters is 1. The number of nitrogens with zero attached hydrogens (tertiary/aromatic N) is 4. The van der Waals surface area contributed by atoms with E-state index in [1.165, 1.54) is 18.4 Å². The number of ether oxygens (including phenoxy) is 2. The Kier molecular flexibility index (Phi) is 6.94. The molecule has 1 aliphatic rings. The number of benzene rings is 3. The number of aromatic nitrogens is 3. The summed E-state index contributed by atoms with van der Waals surface area (Å²) in [5.74, 6) is 0.141. The van der Waals surface area contributed by atoms with Crippen molar-refractivity contribution in [1.29, 1.82) is 0 Å². The van der Waals surface area contributed by atoms with Gasteiger partial charge in [-0.05, 0) is 42.8 Å². The lowest BCUT2D eigenvalue weighted by molar-refractivity contribution is -0.136. The van der Waals surface area contributed by atoms with Gasteiger partial charge in [0.15, 0.2) is 4.80 Å². The molecule has 3 heterocycles. The third-order valence-corrected chi connectivity index (χ3v) is 7.94. The largest absolute Gasteiger partial charge is 0.497 e. The first-order valence-corrected chi connectivity index (χ1v) is 13.8. The molecule has 3 aromatic carbocycles. The molecule has 2 aromatic heterocycles. The van der Waals surface area contributed by atoms with Crippen LogP contribution in [0.5, 0.6) is 5.75 Å². The van der Waals surface area contributed by atoms with Crippen LogP contribution in [-0.4, -0.2) is 34.5 Å². The molecule has 204 valence electrons. The van der Waals surface area contributed by atoms with Crippen LogP contribution in [0.4, 0.5) is 0 Å². The predicted molar refractivity (Wildman–Crippen MR) is 158 cm³/mol. The van der Waals surface area contributed by atoms with Crippen LogP contribution in [-0.2, 0) is 9.53 Å². The SMILES string of the molecule is COC(=O)C1=C(C)N=c2sc(=Cc3cn(-c4ccccc4)nc3-c3ccccc3)c(=O)n2[C@@H]1c1ccc(OC)cc1. The summed E-state index contributed by atoms with van der Waals surface area (Å²) < 4.78 is 14.3. The molecule has 6 rings (SSSR count). The Morgan fingerprint density at radius 3 is 2.29 bits per heavy atom. The third kappa shape index (κ3) is 4.81. The molecule has 0 aliphatic carbocycles. The fourth-order valence-corrected chi connectivity index (χ4v) is 6.00. The third-order valence-electron chi connectivity index (χ3n) is 6.96. The number of thiazole rings is 1. The van der Waals surface area contributed by atoms with E-state index in [1.807, 2.05) is 89.8 Å². The number of fused-ring (bicyclic) bond motifs is 1. The maximum atomic E-state index is 14.1. The molecule has 0 radical (unpaired) electrons. The molecule has 0 amide bonds. The molecule has 0 bridgehead atoms. The Bertz CT molecular complexity index is 1950. The monoisotopic (exact) mass is 562 g/mol. The van der Waals surface area contributed by atoms with Crippen LogP contribution in [0.1, 0.15) is 24.1 Å². The van der Waals surface area contributed by atoms with E-state index in [2.05, 4.69) is 4.99 Å². The van der Waals surface area contributed by atoms with Gasteiger partial charge in [0.1, 0.15) is 5.75 Å². The summed E-state index contributed by atoms with van der Waals surface area (Å²) in [5, 5.41) is 4.87. The topological polar surface area (TPSA) is 87.7 Å². The second-order valence-electron chi connectivity index (χ2n) is 9.43. The van der Waals surface area contributed by atoms with Gasteiger partial charge in [-0.15, -0.1) is 0 Å². The first-order valence-electron chi connectivity index (χ1n) is 12.9. The quantitative estimate of drug-likeness (QED) is 0.289. The Balaban J connectivity index is 1.56. The summed E-state index contributed by atoms with van der Waals surface area (Å²) in [6.45, 7) is 1.76. The van der Waals surface area contributed by atoms with Crippen molar-refractivity contribution in [3.63, 3.8) is 0 Å². The maximum Gasteiger partial charge on any atom is 0.338 e. The summed E-state index contributed by atoms with van der Waals surface area (Å²) in [5.41, 5.74) is 4.69. The number of allylic oxidation sites excluding steroid dienone is 1. The van der Waals surface area contributed by atoms with E-state index in [0.717, 1.165) is 28.1 Å². The number of methoxy groups -OCH3 is 2. The van der Waals surface area contributed by atoms with Crippen molar-refractivity contribution in [3.8, 4) is 22.7 Å². The minimum Gasteiger partial charge on any atom is -0.497 e. The van der Waals surface area contributed by atoms with Crippen LogP contribution in [0.15, 0.2) is 112 Å². The van der Waals surface area contributed by atoms with E-state index >= 15 is 0 Å². The average molecular weight is 563 g/mol. The Morgan fingerprint density at radius 2 is 1.63 bits per heavy atom. The summed E-state index contributed by atoms with van der Waals surface area (Å²) >= 11 is 1.28. The highest BCUT2D eigenvalue weighted by atomic mass is 32.1. The molecule has 0 saturated heterocycles. The Morgan fingerprint density at radius 1 is 0.951 bits per heavy atom. The second-order valence-corrected chi connectivity index (χ2v) is 10.4. The van der Waals surface area contributed by atoms with Crippen molar-refractivity contribution >= 4 is 23.4 Å². The van der Waals surface area contributed by atoms with E-state index in [1.54, 1.807) is 30.7 Å². The van der Waals surface area contributed by atoms with Crippen LogP contribution in [0.2, 0.25) is 0 Å². The Labute approximate surface area is 239 Å². The van der Waals surface area contributed by atoms with Gasteiger partial charge in [-0.3, -0.25) is 9.36 Å². The standard InChI is InChI=1S/C32H26N4O4S/c1-20-27(31(38)40-3)29(22-14-16-25(39-2)17-15-22)36-30(37)26(41-32(36)33-20)18-23-19-35(24-12-8-5-9-13-24)34-28(23)21-10-6-4-7-11-21/h4-19,29H,1-3H3/t29-/m1/s1. The van der Waals surface area contributed by atoms with E-state index in [9.17, 15) is 9.59 Å². The molecule has 0 saturated carbocycles. The van der Waals surface area contributed by atoms with E-state index in [4.69, 9.17) is 14.6 Å².